The van der Waals surface area contributed by atoms with Crippen molar-refractivity contribution in [2.75, 3.05) is 30.2 Å². The standard InChI is InChI=1S/C26H35N3O4S/c1-26(2,3)21-11-12-23-22(15-21)29(34(4,31)32)18-24(33-23)25(30)27-16-19-9-5-6-10-20(19)17-28-13-7-8-14-28/h5-6,9-12,15,24H,7-8,13-14,16-18H2,1-4H3,(H,27,30)/t24-/m0/s1. The molecule has 2 heterocycles. The number of hydrogen-bond acceptors (Lipinski definition) is 5. The highest BCUT2D eigenvalue weighted by atomic mass is 32.2. The van der Waals surface area contributed by atoms with Crippen LogP contribution in [-0.2, 0) is 33.3 Å². The van der Waals surface area contributed by atoms with Gasteiger partial charge in [0.25, 0.3) is 5.91 Å². The number of hydrogen-bond donors (Lipinski definition) is 1. The molecule has 0 spiro atoms. The van der Waals surface area contributed by atoms with Gasteiger partial charge in [-0.3, -0.25) is 14.0 Å². The number of rotatable bonds is 6. The van der Waals surface area contributed by atoms with Crippen LogP contribution in [0, 0.1) is 0 Å². The van der Waals surface area contributed by atoms with Crippen molar-refractivity contribution < 1.29 is 17.9 Å². The normalized spacial score (nSPS) is 18.9. The molecule has 1 saturated heterocycles. The van der Waals surface area contributed by atoms with Crippen LogP contribution >= 0.6 is 0 Å². The molecule has 2 aromatic carbocycles. The molecule has 184 valence electrons. The maximum absolute atomic E-state index is 13.1. The first-order chi connectivity index (χ1) is 16.0. The minimum Gasteiger partial charge on any atom is -0.476 e. The van der Waals surface area contributed by atoms with Crippen LogP contribution < -0.4 is 14.4 Å². The van der Waals surface area contributed by atoms with E-state index >= 15 is 0 Å². The number of likely N-dealkylation sites (tertiary alicyclic amines) is 1. The first-order valence-corrected chi connectivity index (χ1v) is 13.7. The summed E-state index contributed by atoms with van der Waals surface area (Å²) in [5, 5.41) is 2.97. The lowest BCUT2D eigenvalue weighted by Crippen LogP contribution is -2.50. The van der Waals surface area contributed by atoms with Crippen LogP contribution in [-0.4, -0.2) is 51.2 Å². The fourth-order valence-electron chi connectivity index (χ4n) is 4.53. The number of carbonyl (C=O) groups excluding carboxylic acids is 1. The molecule has 2 aromatic rings. The summed E-state index contributed by atoms with van der Waals surface area (Å²) in [6.07, 6.45) is 2.70. The molecule has 1 amide bonds. The summed E-state index contributed by atoms with van der Waals surface area (Å²) in [5.41, 5.74) is 3.60. The lowest BCUT2D eigenvalue weighted by atomic mass is 9.86. The molecule has 1 fully saturated rings. The van der Waals surface area contributed by atoms with Crippen molar-refractivity contribution in [2.45, 2.75) is 58.2 Å². The highest BCUT2D eigenvalue weighted by Gasteiger charge is 2.35. The van der Waals surface area contributed by atoms with Gasteiger partial charge >= 0.3 is 0 Å². The smallest absolute Gasteiger partial charge is 0.263 e. The maximum atomic E-state index is 13.1. The summed E-state index contributed by atoms with van der Waals surface area (Å²) in [5.74, 6) is 0.0782. The Morgan fingerprint density at radius 1 is 1.09 bits per heavy atom. The van der Waals surface area contributed by atoms with Gasteiger partial charge in [0.2, 0.25) is 10.0 Å². The Balaban J connectivity index is 1.50. The Morgan fingerprint density at radius 3 is 2.41 bits per heavy atom. The van der Waals surface area contributed by atoms with Crippen molar-refractivity contribution in [3.63, 3.8) is 0 Å². The highest BCUT2D eigenvalue weighted by Crippen LogP contribution is 2.38. The van der Waals surface area contributed by atoms with Gasteiger partial charge in [0.05, 0.1) is 18.5 Å². The van der Waals surface area contributed by atoms with E-state index in [0.717, 1.165) is 37.0 Å². The molecule has 34 heavy (non-hydrogen) atoms. The van der Waals surface area contributed by atoms with Gasteiger partial charge < -0.3 is 10.1 Å². The van der Waals surface area contributed by atoms with Gasteiger partial charge in [-0.1, -0.05) is 51.1 Å². The molecule has 1 N–H and O–H groups in total. The van der Waals surface area contributed by atoms with Crippen molar-refractivity contribution in [1.82, 2.24) is 10.2 Å². The number of ether oxygens (including phenoxy) is 1. The number of anilines is 1. The summed E-state index contributed by atoms with van der Waals surface area (Å²) in [4.78, 5) is 15.5. The number of sulfonamides is 1. The zero-order valence-electron chi connectivity index (χ0n) is 20.5. The van der Waals surface area contributed by atoms with Gasteiger partial charge in [-0.15, -0.1) is 0 Å². The van der Waals surface area contributed by atoms with Gasteiger partial charge in [0, 0.05) is 13.1 Å². The van der Waals surface area contributed by atoms with Crippen LogP contribution in [0.5, 0.6) is 5.75 Å². The third kappa shape index (κ3) is 5.55. The second-order valence-corrected chi connectivity index (χ2v) is 12.2. The van der Waals surface area contributed by atoms with Crippen LogP contribution in [0.1, 0.15) is 50.3 Å². The first kappa shape index (κ1) is 24.5. The predicted molar refractivity (Wildman–Crippen MR) is 135 cm³/mol. The molecule has 0 unspecified atom stereocenters. The Kier molecular flexibility index (Phi) is 6.92. The van der Waals surface area contributed by atoms with Gasteiger partial charge in [0.1, 0.15) is 5.75 Å². The molecule has 0 aliphatic carbocycles. The van der Waals surface area contributed by atoms with E-state index in [-0.39, 0.29) is 17.9 Å². The van der Waals surface area contributed by atoms with Crippen molar-refractivity contribution in [3.8, 4) is 5.75 Å². The first-order valence-electron chi connectivity index (χ1n) is 11.9. The van der Waals surface area contributed by atoms with Crippen molar-refractivity contribution in [3.05, 3.63) is 59.2 Å². The van der Waals surface area contributed by atoms with Crippen LogP contribution in [0.3, 0.4) is 0 Å². The largest absolute Gasteiger partial charge is 0.476 e. The van der Waals surface area contributed by atoms with Crippen LogP contribution in [0.4, 0.5) is 5.69 Å². The monoisotopic (exact) mass is 485 g/mol. The van der Waals surface area contributed by atoms with E-state index in [1.54, 1.807) is 6.07 Å². The van der Waals surface area contributed by atoms with Crippen LogP contribution in [0.15, 0.2) is 42.5 Å². The zero-order chi connectivity index (χ0) is 24.5. The Bertz CT molecular complexity index is 1150. The summed E-state index contributed by atoms with van der Waals surface area (Å²) in [7, 11) is -3.59. The van der Waals surface area contributed by atoms with E-state index < -0.39 is 16.1 Å². The zero-order valence-corrected chi connectivity index (χ0v) is 21.3. The summed E-state index contributed by atoms with van der Waals surface area (Å²) in [6.45, 7) is 9.61. The van der Waals surface area contributed by atoms with E-state index in [4.69, 9.17) is 4.74 Å². The number of carbonyl (C=O) groups is 1. The van der Waals surface area contributed by atoms with Gasteiger partial charge in [0.15, 0.2) is 6.10 Å². The lowest BCUT2D eigenvalue weighted by molar-refractivity contribution is -0.127. The number of amides is 1. The molecule has 8 heteroatoms. The average Bonchev–Trinajstić information content (AvgIpc) is 3.29. The molecule has 0 radical (unpaired) electrons. The lowest BCUT2D eigenvalue weighted by Gasteiger charge is -2.35. The highest BCUT2D eigenvalue weighted by molar-refractivity contribution is 7.92. The summed E-state index contributed by atoms with van der Waals surface area (Å²) >= 11 is 0. The second kappa shape index (κ2) is 9.58. The summed E-state index contributed by atoms with van der Waals surface area (Å²) < 4.78 is 32.5. The Hall–Kier alpha value is -2.58. The van der Waals surface area contributed by atoms with Crippen molar-refractivity contribution >= 4 is 21.6 Å². The SMILES string of the molecule is CC(C)(C)c1ccc2c(c1)N(S(C)(=O)=O)C[C@@H](C(=O)NCc1ccccc1CN1CCCC1)O2. The average molecular weight is 486 g/mol. The van der Waals surface area contributed by atoms with Gasteiger partial charge in [-0.05, 0) is 60.2 Å². The molecular weight excluding hydrogens is 450 g/mol. The molecule has 1 atom stereocenters. The number of benzene rings is 2. The molecule has 2 aliphatic rings. The molecule has 2 aliphatic heterocycles. The summed E-state index contributed by atoms with van der Waals surface area (Å²) in [6, 6.07) is 13.7. The fraction of sp³-hybridized carbons (Fsp3) is 0.500. The second-order valence-electron chi connectivity index (χ2n) is 10.3. The van der Waals surface area contributed by atoms with E-state index in [2.05, 4.69) is 37.1 Å². The van der Waals surface area contributed by atoms with Crippen LogP contribution in [0.2, 0.25) is 0 Å². The number of nitrogens with zero attached hydrogens (tertiary/aromatic N) is 2. The minimum atomic E-state index is -3.59. The van der Waals surface area contributed by atoms with E-state index in [1.807, 2.05) is 30.3 Å². The molecule has 0 aromatic heterocycles. The quantitative estimate of drug-likeness (QED) is 0.678. The van der Waals surface area contributed by atoms with E-state index in [0.29, 0.717) is 18.0 Å². The molecule has 0 bridgehead atoms. The Morgan fingerprint density at radius 2 is 1.76 bits per heavy atom. The van der Waals surface area contributed by atoms with E-state index in [9.17, 15) is 13.2 Å². The molecule has 0 saturated carbocycles. The molecule has 7 nitrogen and oxygen atoms in total. The van der Waals surface area contributed by atoms with E-state index in [1.165, 1.54) is 22.7 Å². The van der Waals surface area contributed by atoms with Gasteiger partial charge in [-0.2, -0.15) is 0 Å². The Labute approximate surface area is 203 Å². The molecule has 4 rings (SSSR count). The third-order valence-corrected chi connectivity index (χ3v) is 7.70. The van der Waals surface area contributed by atoms with Gasteiger partial charge in [-0.25, -0.2) is 8.42 Å². The maximum Gasteiger partial charge on any atom is 0.263 e. The van der Waals surface area contributed by atoms with Crippen LogP contribution in [0.25, 0.3) is 0 Å². The fourth-order valence-corrected chi connectivity index (χ4v) is 5.44. The third-order valence-electron chi connectivity index (χ3n) is 6.55. The topological polar surface area (TPSA) is 79.0 Å². The number of nitrogens with one attached hydrogen (secondary N) is 1. The number of fused-ring (bicyclic) bond motifs is 1. The van der Waals surface area contributed by atoms with Crippen molar-refractivity contribution in [1.29, 1.82) is 0 Å². The molecular formula is C26H35N3O4S. The van der Waals surface area contributed by atoms with Crippen molar-refractivity contribution in [2.24, 2.45) is 0 Å². The minimum absolute atomic E-state index is 0.0549. The predicted octanol–water partition coefficient (Wildman–Crippen LogP) is 3.42.